The molecule has 0 bridgehead atoms. The summed E-state index contributed by atoms with van der Waals surface area (Å²) in [5, 5.41) is 3.33. The van der Waals surface area contributed by atoms with Gasteiger partial charge in [-0.1, -0.05) is 18.2 Å². The van der Waals surface area contributed by atoms with E-state index in [1.165, 1.54) is 0 Å². The van der Waals surface area contributed by atoms with Crippen molar-refractivity contribution >= 4 is 5.69 Å². The minimum Gasteiger partial charge on any atom is -0.385 e. The lowest BCUT2D eigenvalue weighted by molar-refractivity contribution is 0.941. The third kappa shape index (κ3) is 3.06. The van der Waals surface area contributed by atoms with Gasteiger partial charge in [-0.15, -0.1) is 0 Å². The Morgan fingerprint density at radius 2 is 1.93 bits per heavy atom. The van der Waals surface area contributed by atoms with Gasteiger partial charge in [0.1, 0.15) is 0 Å². The second-order valence-electron chi connectivity index (χ2n) is 3.24. The van der Waals surface area contributed by atoms with Crippen LogP contribution < -0.4 is 5.32 Å². The molecule has 3 heteroatoms. The van der Waals surface area contributed by atoms with E-state index in [4.69, 9.17) is 0 Å². The number of hydrogen-bond donors (Lipinski definition) is 1. The summed E-state index contributed by atoms with van der Waals surface area (Å²) in [6, 6.07) is 10.1. The molecule has 15 heavy (non-hydrogen) atoms. The largest absolute Gasteiger partial charge is 0.385 e. The molecule has 0 aliphatic rings. The Balaban J connectivity index is 1.81. The Kier molecular flexibility index (Phi) is 3.28. The number of aromatic nitrogens is 2. The molecule has 1 N–H and O–H groups in total. The van der Waals surface area contributed by atoms with Crippen molar-refractivity contribution in [3.63, 3.8) is 0 Å². The second kappa shape index (κ2) is 5.10. The number of anilines is 1. The van der Waals surface area contributed by atoms with Gasteiger partial charge in [0, 0.05) is 37.2 Å². The van der Waals surface area contributed by atoms with Crippen LogP contribution in [0.4, 0.5) is 5.69 Å². The zero-order valence-corrected chi connectivity index (χ0v) is 8.43. The van der Waals surface area contributed by atoms with E-state index >= 15 is 0 Å². The molecule has 0 aliphatic heterocycles. The van der Waals surface area contributed by atoms with Crippen molar-refractivity contribution < 1.29 is 0 Å². The first-order valence-corrected chi connectivity index (χ1v) is 4.99. The summed E-state index contributed by atoms with van der Waals surface area (Å²) >= 11 is 0. The Bertz CT molecular complexity index is 347. The van der Waals surface area contributed by atoms with Crippen molar-refractivity contribution in [2.24, 2.45) is 0 Å². The molecule has 0 spiro atoms. The molecular formula is C12H13N3. The fraction of sp³-hybridized carbons (Fsp3) is 0.167. The van der Waals surface area contributed by atoms with Gasteiger partial charge >= 0.3 is 0 Å². The van der Waals surface area contributed by atoms with Crippen LogP contribution in [-0.2, 0) is 6.42 Å². The predicted molar refractivity (Wildman–Crippen MR) is 60.7 cm³/mol. The fourth-order valence-electron chi connectivity index (χ4n) is 1.35. The van der Waals surface area contributed by atoms with Gasteiger partial charge in [-0.25, -0.2) is 0 Å². The van der Waals surface area contributed by atoms with Crippen LogP contribution in [0.2, 0.25) is 0 Å². The first kappa shape index (κ1) is 9.65. The highest BCUT2D eigenvalue weighted by atomic mass is 14.9. The maximum absolute atomic E-state index is 4.21. The van der Waals surface area contributed by atoms with Crippen molar-refractivity contribution in [3.8, 4) is 0 Å². The highest BCUT2D eigenvalue weighted by Crippen LogP contribution is 2.04. The lowest BCUT2D eigenvalue weighted by atomic mass is 10.3. The third-order valence-electron chi connectivity index (χ3n) is 2.10. The fourth-order valence-corrected chi connectivity index (χ4v) is 1.35. The van der Waals surface area contributed by atoms with E-state index in [0.717, 1.165) is 24.3 Å². The van der Waals surface area contributed by atoms with Gasteiger partial charge in [-0.3, -0.25) is 9.97 Å². The standard InChI is InChI=1S/C12H13N3/c1-2-4-11(5-3-1)14-7-6-12-10-13-8-9-15-12/h1-5,8-10,14H,6-7H2. The summed E-state index contributed by atoms with van der Waals surface area (Å²) in [6.07, 6.45) is 6.10. The molecular weight excluding hydrogens is 186 g/mol. The summed E-state index contributed by atoms with van der Waals surface area (Å²) in [7, 11) is 0. The maximum atomic E-state index is 4.21. The van der Waals surface area contributed by atoms with Crippen LogP contribution in [0.1, 0.15) is 5.69 Å². The van der Waals surface area contributed by atoms with Crippen LogP contribution in [-0.4, -0.2) is 16.5 Å². The first-order valence-electron chi connectivity index (χ1n) is 4.99. The van der Waals surface area contributed by atoms with Gasteiger partial charge in [-0.2, -0.15) is 0 Å². The second-order valence-corrected chi connectivity index (χ2v) is 3.24. The molecule has 0 atom stereocenters. The molecule has 0 unspecified atom stereocenters. The summed E-state index contributed by atoms with van der Waals surface area (Å²) in [4.78, 5) is 8.23. The van der Waals surface area contributed by atoms with E-state index in [2.05, 4.69) is 27.4 Å². The van der Waals surface area contributed by atoms with E-state index in [0.29, 0.717) is 0 Å². The summed E-state index contributed by atoms with van der Waals surface area (Å²) in [5.74, 6) is 0. The Morgan fingerprint density at radius 3 is 2.67 bits per heavy atom. The quantitative estimate of drug-likeness (QED) is 0.819. The molecule has 76 valence electrons. The zero-order valence-electron chi connectivity index (χ0n) is 8.43. The van der Waals surface area contributed by atoms with E-state index in [-0.39, 0.29) is 0 Å². The molecule has 1 aromatic carbocycles. The average Bonchev–Trinajstić information content (AvgIpc) is 2.32. The van der Waals surface area contributed by atoms with E-state index in [1.54, 1.807) is 18.6 Å². The summed E-state index contributed by atoms with van der Waals surface area (Å²) < 4.78 is 0. The minimum absolute atomic E-state index is 0.878. The number of para-hydroxylation sites is 1. The van der Waals surface area contributed by atoms with Gasteiger partial charge < -0.3 is 5.32 Å². The minimum atomic E-state index is 0.878. The van der Waals surface area contributed by atoms with Crippen molar-refractivity contribution in [2.75, 3.05) is 11.9 Å². The third-order valence-corrected chi connectivity index (χ3v) is 2.10. The molecule has 1 aromatic heterocycles. The number of benzene rings is 1. The Hall–Kier alpha value is -1.90. The Labute approximate surface area is 89.2 Å². The molecule has 0 saturated carbocycles. The lowest BCUT2D eigenvalue weighted by Crippen LogP contribution is -2.05. The van der Waals surface area contributed by atoms with Crippen LogP contribution in [0.3, 0.4) is 0 Å². The molecule has 2 aromatic rings. The van der Waals surface area contributed by atoms with Crippen molar-refractivity contribution in [3.05, 3.63) is 54.6 Å². The monoisotopic (exact) mass is 199 g/mol. The average molecular weight is 199 g/mol. The topological polar surface area (TPSA) is 37.8 Å². The highest BCUT2D eigenvalue weighted by molar-refractivity contribution is 5.42. The molecule has 0 amide bonds. The van der Waals surface area contributed by atoms with Gasteiger partial charge in [0.05, 0.1) is 5.69 Å². The number of hydrogen-bond acceptors (Lipinski definition) is 3. The molecule has 0 fully saturated rings. The van der Waals surface area contributed by atoms with Crippen molar-refractivity contribution in [1.29, 1.82) is 0 Å². The van der Waals surface area contributed by atoms with E-state index in [9.17, 15) is 0 Å². The SMILES string of the molecule is c1ccc(NCCc2cnccn2)cc1. The molecule has 0 saturated heterocycles. The number of nitrogens with one attached hydrogen (secondary N) is 1. The highest BCUT2D eigenvalue weighted by Gasteiger charge is 1.93. The molecule has 2 rings (SSSR count). The molecule has 3 nitrogen and oxygen atoms in total. The smallest absolute Gasteiger partial charge is 0.0604 e. The maximum Gasteiger partial charge on any atom is 0.0604 e. The van der Waals surface area contributed by atoms with Crippen molar-refractivity contribution in [2.45, 2.75) is 6.42 Å². The van der Waals surface area contributed by atoms with Gasteiger partial charge in [0.25, 0.3) is 0 Å². The zero-order chi connectivity index (χ0) is 10.3. The molecule has 0 aliphatic carbocycles. The van der Waals surface area contributed by atoms with E-state index < -0.39 is 0 Å². The van der Waals surface area contributed by atoms with Gasteiger partial charge in [0.2, 0.25) is 0 Å². The van der Waals surface area contributed by atoms with Gasteiger partial charge in [0.15, 0.2) is 0 Å². The van der Waals surface area contributed by atoms with Crippen LogP contribution >= 0.6 is 0 Å². The van der Waals surface area contributed by atoms with Crippen LogP contribution in [0.5, 0.6) is 0 Å². The predicted octanol–water partition coefficient (Wildman–Crippen LogP) is 2.13. The van der Waals surface area contributed by atoms with Crippen molar-refractivity contribution in [1.82, 2.24) is 9.97 Å². The number of nitrogens with zero attached hydrogens (tertiary/aromatic N) is 2. The number of rotatable bonds is 4. The molecule has 1 heterocycles. The summed E-state index contributed by atoms with van der Waals surface area (Å²) in [6.45, 7) is 0.878. The molecule has 0 radical (unpaired) electrons. The Morgan fingerprint density at radius 1 is 1.07 bits per heavy atom. The van der Waals surface area contributed by atoms with Crippen LogP contribution in [0, 0.1) is 0 Å². The van der Waals surface area contributed by atoms with Crippen LogP contribution in [0.25, 0.3) is 0 Å². The van der Waals surface area contributed by atoms with E-state index in [1.807, 2.05) is 18.2 Å². The van der Waals surface area contributed by atoms with Gasteiger partial charge in [-0.05, 0) is 12.1 Å². The van der Waals surface area contributed by atoms with Crippen LogP contribution in [0.15, 0.2) is 48.9 Å². The lowest BCUT2D eigenvalue weighted by Gasteiger charge is -2.04. The summed E-state index contributed by atoms with van der Waals surface area (Å²) in [5.41, 5.74) is 2.15. The first-order chi connectivity index (χ1) is 7.45. The normalized spacial score (nSPS) is 9.87.